The van der Waals surface area contributed by atoms with Crippen LogP contribution in [0.1, 0.15) is 45.1 Å². The molecular formula is C21H32N2O2. The lowest BCUT2D eigenvalue weighted by molar-refractivity contribution is -0.139. The predicted octanol–water partition coefficient (Wildman–Crippen LogP) is 3.27. The molecule has 1 amide bonds. The van der Waals surface area contributed by atoms with E-state index in [0.717, 1.165) is 65.1 Å². The van der Waals surface area contributed by atoms with Gasteiger partial charge in [0, 0.05) is 37.6 Å². The highest BCUT2D eigenvalue weighted by Gasteiger charge is 2.42. The first-order valence-corrected chi connectivity index (χ1v) is 9.88. The van der Waals surface area contributed by atoms with Crippen LogP contribution in [0.4, 0.5) is 0 Å². The van der Waals surface area contributed by atoms with Crippen molar-refractivity contribution in [3.8, 4) is 0 Å². The fraction of sp³-hybridized carbons (Fsp3) is 0.667. The van der Waals surface area contributed by atoms with Gasteiger partial charge in [-0.1, -0.05) is 44.2 Å². The highest BCUT2D eigenvalue weighted by molar-refractivity contribution is 5.78. The summed E-state index contributed by atoms with van der Waals surface area (Å²) in [6.45, 7) is 9.56. The average Bonchev–Trinajstić information content (AvgIpc) is 2.70. The number of amides is 1. The third kappa shape index (κ3) is 3.75. The van der Waals surface area contributed by atoms with Gasteiger partial charge in [-0.05, 0) is 31.2 Å². The molecule has 0 bridgehead atoms. The Balaban J connectivity index is 1.78. The summed E-state index contributed by atoms with van der Waals surface area (Å²) in [5.41, 5.74) is 1.45. The predicted molar refractivity (Wildman–Crippen MR) is 100 cm³/mol. The first-order valence-electron chi connectivity index (χ1n) is 9.88. The second-order valence-electron chi connectivity index (χ2n) is 7.34. The molecule has 0 aliphatic carbocycles. The Morgan fingerprint density at radius 3 is 2.20 bits per heavy atom. The second-order valence-corrected chi connectivity index (χ2v) is 7.34. The number of ether oxygens (including phenoxy) is 1. The van der Waals surface area contributed by atoms with Crippen LogP contribution in [-0.4, -0.2) is 55.1 Å². The number of benzene rings is 1. The molecule has 0 saturated carbocycles. The number of rotatable bonds is 5. The van der Waals surface area contributed by atoms with Crippen LogP contribution in [0.5, 0.6) is 0 Å². The third-order valence-electron chi connectivity index (χ3n) is 6.16. The molecule has 25 heavy (non-hydrogen) atoms. The van der Waals surface area contributed by atoms with E-state index in [2.05, 4.69) is 54.0 Å². The third-order valence-corrected chi connectivity index (χ3v) is 6.16. The minimum atomic E-state index is 0.0513. The van der Waals surface area contributed by atoms with Crippen LogP contribution in [0.15, 0.2) is 30.3 Å². The molecule has 0 N–H and O–H groups in total. The van der Waals surface area contributed by atoms with Gasteiger partial charge in [0.05, 0.1) is 13.2 Å². The molecule has 2 aliphatic heterocycles. The zero-order valence-corrected chi connectivity index (χ0v) is 15.7. The zero-order valence-electron chi connectivity index (χ0n) is 15.7. The summed E-state index contributed by atoms with van der Waals surface area (Å²) < 4.78 is 5.59. The maximum Gasteiger partial charge on any atom is 0.225 e. The van der Waals surface area contributed by atoms with Gasteiger partial charge in [-0.3, -0.25) is 9.69 Å². The summed E-state index contributed by atoms with van der Waals surface area (Å²) in [6.07, 6.45) is 3.92. The molecule has 4 nitrogen and oxygen atoms in total. The Hall–Kier alpha value is -1.39. The first-order chi connectivity index (χ1) is 12.2. The van der Waals surface area contributed by atoms with Gasteiger partial charge in [-0.15, -0.1) is 0 Å². The van der Waals surface area contributed by atoms with Crippen molar-refractivity contribution >= 4 is 5.91 Å². The van der Waals surface area contributed by atoms with E-state index in [1.165, 1.54) is 5.56 Å². The quantitative estimate of drug-likeness (QED) is 0.822. The molecule has 0 aromatic heterocycles. The molecule has 4 heteroatoms. The number of hydrogen-bond acceptors (Lipinski definition) is 3. The number of likely N-dealkylation sites (tertiary alicyclic amines) is 1. The second kappa shape index (κ2) is 8.33. The molecule has 0 radical (unpaired) electrons. The Morgan fingerprint density at radius 2 is 1.64 bits per heavy atom. The molecular weight excluding hydrogens is 312 g/mol. The number of nitrogens with zero attached hydrogens (tertiary/aromatic N) is 2. The van der Waals surface area contributed by atoms with Gasteiger partial charge in [0.15, 0.2) is 0 Å². The van der Waals surface area contributed by atoms with Crippen molar-refractivity contribution in [1.29, 1.82) is 0 Å². The molecule has 0 unspecified atom stereocenters. The lowest BCUT2D eigenvalue weighted by Gasteiger charge is -2.50. The summed E-state index contributed by atoms with van der Waals surface area (Å²) in [5, 5.41) is 0. The van der Waals surface area contributed by atoms with E-state index < -0.39 is 0 Å². The van der Waals surface area contributed by atoms with Crippen molar-refractivity contribution in [2.45, 2.75) is 45.1 Å². The number of carbonyl (C=O) groups excluding carboxylic acids is 1. The zero-order chi connectivity index (χ0) is 17.7. The normalized spacial score (nSPS) is 21.5. The maximum absolute atomic E-state index is 12.8. The van der Waals surface area contributed by atoms with Crippen molar-refractivity contribution in [2.75, 3.05) is 39.4 Å². The molecule has 0 spiro atoms. The summed E-state index contributed by atoms with van der Waals surface area (Å²) in [5.74, 6) is 0.543. The summed E-state index contributed by atoms with van der Waals surface area (Å²) >= 11 is 0. The van der Waals surface area contributed by atoms with Crippen LogP contribution >= 0.6 is 0 Å². The number of hydrogen-bond donors (Lipinski definition) is 0. The molecule has 1 aromatic carbocycles. The van der Waals surface area contributed by atoms with E-state index in [0.29, 0.717) is 5.91 Å². The molecule has 2 saturated heterocycles. The Labute approximate surface area is 152 Å². The Kier molecular flexibility index (Phi) is 6.13. The van der Waals surface area contributed by atoms with E-state index in [1.54, 1.807) is 0 Å². The fourth-order valence-corrected chi connectivity index (χ4v) is 4.52. The van der Waals surface area contributed by atoms with Crippen LogP contribution in [0.3, 0.4) is 0 Å². The van der Waals surface area contributed by atoms with Crippen LogP contribution in [0, 0.1) is 5.92 Å². The molecule has 138 valence electrons. The largest absolute Gasteiger partial charge is 0.379 e. The molecule has 3 rings (SSSR count). The summed E-state index contributed by atoms with van der Waals surface area (Å²) in [6, 6.07) is 10.9. The molecule has 0 atom stereocenters. The molecule has 1 aromatic rings. The van der Waals surface area contributed by atoms with Crippen LogP contribution < -0.4 is 0 Å². The van der Waals surface area contributed by atoms with Crippen molar-refractivity contribution < 1.29 is 9.53 Å². The standard InChI is InChI=1S/C21H32N2O2/c1-3-18(4-2)20(24)22-12-10-21(11-13-22,19-8-6-5-7-9-19)23-14-16-25-17-15-23/h5-9,18H,3-4,10-17H2,1-2H3. The summed E-state index contributed by atoms with van der Waals surface area (Å²) in [7, 11) is 0. The average molecular weight is 344 g/mol. The molecule has 2 aliphatic rings. The van der Waals surface area contributed by atoms with E-state index in [9.17, 15) is 4.79 Å². The highest BCUT2D eigenvalue weighted by Crippen LogP contribution is 2.39. The van der Waals surface area contributed by atoms with Gasteiger partial charge in [0.2, 0.25) is 5.91 Å². The van der Waals surface area contributed by atoms with Gasteiger partial charge in [0.25, 0.3) is 0 Å². The number of morpholine rings is 1. The minimum absolute atomic E-state index is 0.0513. The molecule has 2 heterocycles. The topological polar surface area (TPSA) is 32.8 Å². The fourth-order valence-electron chi connectivity index (χ4n) is 4.52. The van der Waals surface area contributed by atoms with Gasteiger partial charge in [-0.25, -0.2) is 0 Å². The van der Waals surface area contributed by atoms with E-state index in [-0.39, 0.29) is 11.5 Å². The smallest absolute Gasteiger partial charge is 0.225 e. The Bertz CT molecular complexity index is 542. The van der Waals surface area contributed by atoms with Crippen molar-refractivity contribution in [3.63, 3.8) is 0 Å². The van der Waals surface area contributed by atoms with Crippen molar-refractivity contribution in [2.24, 2.45) is 5.92 Å². The van der Waals surface area contributed by atoms with Gasteiger partial charge >= 0.3 is 0 Å². The van der Waals surface area contributed by atoms with E-state index in [4.69, 9.17) is 4.74 Å². The van der Waals surface area contributed by atoms with Crippen LogP contribution in [0.2, 0.25) is 0 Å². The van der Waals surface area contributed by atoms with E-state index in [1.807, 2.05) is 0 Å². The summed E-state index contributed by atoms with van der Waals surface area (Å²) in [4.78, 5) is 17.5. The Morgan fingerprint density at radius 1 is 1.04 bits per heavy atom. The molecule has 2 fully saturated rings. The van der Waals surface area contributed by atoms with Crippen LogP contribution in [-0.2, 0) is 15.1 Å². The lowest BCUT2D eigenvalue weighted by atomic mass is 9.78. The van der Waals surface area contributed by atoms with Gasteiger partial charge in [0.1, 0.15) is 0 Å². The maximum atomic E-state index is 12.8. The minimum Gasteiger partial charge on any atom is -0.379 e. The number of piperidine rings is 1. The van der Waals surface area contributed by atoms with Crippen LogP contribution in [0.25, 0.3) is 0 Å². The van der Waals surface area contributed by atoms with Crippen molar-refractivity contribution in [1.82, 2.24) is 9.80 Å². The highest BCUT2D eigenvalue weighted by atomic mass is 16.5. The lowest BCUT2D eigenvalue weighted by Crippen LogP contribution is -2.57. The number of carbonyl (C=O) groups is 1. The van der Waals surface area contributed by atoms with E-state index >= 15 is 0 Å². The monoisotopic (exact) mass is 344 g/mol. The van der Waals surface area contributed by atoms with Gasteiger partial charge in [-0.2, -0.15) is 0 Å². The first kappa shape index (κ1) is 18.4. The van der Waals surface area contributed by atoms with Gasteiger partial charge < -0.3 is 9.64 Å². The SMILES string of the molecule is CCC(CC)C(=O)N1CCC(c2ccccc2)(N2CCOCC2)CC1. The van der Waals surface area contributed by atoms with Crippen molar-refractivity contribution in [3.05, 3.63) is 35.9 Å².